The largest absolute Gasteiger partial charge is 0.497 e. The quantitative estimate of drug-likeness (QED) is 0.674. The van der Waals surface area contributed by atoms with Crippen LogP contribution >= 0.6 is 12.4 Å². The number of hydrogen-bond donors (Lipinski definition) is 0. The van der Waals surface area contributed by atoms with Crippen molar-refractivity contribution >= 4 is 35.7 Å². The molecule has 2 aromatic carbocycles. The van der Waals surface area contributed by atoms with Gasteiger partial charge in [-0.15, -0.1) is 22.6 Å². The van der Waals surface area contributed by atoms with Gasteiger partial charge in [0.2, 0.25) is 11.9 Å². The van der Waals surface area contributed by atoms with E-state index in [0.29, 0.717) is 11.9 Å². The fraction of sp³-hybridized carbons (Fsp3) is 0.222. The van der Waals surface area contributed by atoms with Gasteiger partial charge < -0.3 is 14.5 Å². The van der Waals surface area contributed by atoms with Gasteiger partial charge in [0, 0.05) is 38.6 Å². The molecule has 0 saturated heterocycles. The third kappa shape index (κ3) is 3.72. The normalized spacial score (nSPS) is 10.2. The van der Waals surface area contributed by atoms with Gasteiger partial charge in [0.1, 0.15) is 11.6 Å². The van der Waals surface area contributed by atoms with Crippen LogP contribution in [0.15, 0.2) is 48.5 Å². The smallest absolute Gasteiger partial charge is 0.232 e. The van der Waals surface area contributed by atoms with Crippen LogP contribution in [0.25, 0.3) is 0 Å². The van der Waals surface area contributed by atoms with Gasteiger partial charge in [0.05, 0.1) is 7.11 Å². The van der Waals surface area contributed by atoms with E-state index in [-0.39, 0.29) is 18.2 Å². The molecule has 3 rings (SSSR count). The van der Waals surface area contributed by atoms with Crippen molar-refractivity contribution in [1.29, 1.82) is 0 Å². The van der Waals surface area contributed by atoms with Gasteiger partial charge in [-0.1, -0.05) is 6.07 Å². The van der Waals surface area contributed by atoms with Crippen LogP contribution in [-0.4, -0.2) is 36.0 Å². The molecule has 0 radical (unpaired) electrons. The minimum Gasteiger partial charge on any atom is -0.497 e. The van der Waals surface area contributed by atoms with Gasteiger partial charge in [-0.3, -0.25) is 4.57 Å². The highest BCUT2D eigenvalue weighted by Gasteiger charge is 2.18. The molecule has 0 bridgehead atoms. The Labute approximate surface area is 158 Å². The molecule has 0 aliphatic rings. The molecular weight excluding hydrogens is 357 g/mol. The fourth-order valence-electron chi connectivity index (χ4n) is 2.61. The van der Waals surface area contributed by atoms with Gasteiger partial charge in [-0.05, 0) is 36.4 Å². The molecule has 0 aliphatic heterocycles. The molecule has 8 heteroatoms. The van der Waals surface area contributed by atoms with E-state index >= 15 is 0 Å². The van der Waals surface area contributed by atoms with Crippen molar-refractivity contribution in [2.75, 3.05) is 31.0 Å². The molecule has 3 aromatic rings. The van der Waals surface area contributed by atoms with Crippen molar-refractivity contribution in [2.45, 2.75) is 0 Å². The summed E-state index contributed by atoms with van der Waals surface area (Å²) in [7, 11) is 7.31. The Bertz CT molecular complexity index is 868. The Morgan fingerprint density at radius 3 is 2.08 bits per heavy atom. The molecule has 1 aromatic heterocycles. The fourth-order valence-corrected chi connectivity index (χ4v) is 2.61. The highest BCUT2D eigenvalue weighted by Crippen LogP contribution is 2.29. The van der Waals surface area contributed by atoms with Crippen molar-refractivity contribution in [3.8, 4) is 5.75 Å². The first-order chi connectivity index (χ1) is 12.0. The van der Waals surface area contributed by atoms with E-state index in [2.05, 4.69) is 10.2 Å². The van der Waals surface area contributed by atoms with E-state index in [4.69, 9.17) is 4.74 Å². The lowest BCUT2D eigenvalue weighted by atomic mass is 10.3. The molecule has 138 valence electrons. The lowest BCUT2D eigenvalue weighted by Gasteiger charge is -2.21. The topological polar surface area (TPSA) is 46.4 Å². The molecule has 0 fully saturated rings. The number of hydrogen-bond acceptors (Lipinski definition) is 5. The van der Waals surface area contributed by atoms with Crippen molar-refractivity contribution in [2.24, 2.45) is 7.05 Å². The summed E-state index contributed by atoms with van der Waals surface area (Å²) in [6.07, 6.45) is 0. The number of aromatic nitrogens is 3. The van der Waals surface area contributed by atoms with Crippen LogP contribution in [0.2, 0.25) is 0 Å². The average Bonchev–Trinajstić information content (AvgIpc) is 3.02. The zero-order valence-electron chi connectivity index (χ0n) is 15.0. The van der Waals surface area contributed by atoms with E-state index < -0.39 is 0 Å². The first-order valence-corrected chi connectivity index (χ1v) is 7.77. The molecular formula is C18H21ClFN5O. The lowest BCUT2D eigenvalue weighted by Crippen LogP contribution is -2.18. The number of benzene rings is 2. The highest BCUT2D eigenvalue weighted by atomic mass is 35.5. The third-order valence-electron chi connectivity index (χ3n) is 4.08. The molecule has 0 unspecified atom stereocenters. The summed E-state index contributed by atoms with van der Waals surface area (Å²) in [6.45, 7) is 0. The van der Waals surface area contributed by atoms with Crippen molar-refractivity contribution in [3.05, 3.63) is 54.3 Å². The van der Waals surface area contributed by atoms with Gasteiger partial charge in [-0.2, -0.15) is 0 Å². The minimum atomic E-state index is -0.270. The second-order valence-electron chi connectivity index (χ2n) is 5.65. The van der Waals surface area contributed by atoms with E-state index in [0.717, 1.165) is 17.1 Å². The third-order valence-corrected chi connectivity index (χ3v) is 4.08. The Hall–Kier alpha value is -2.80. The summed E-state index contributed by atoms with van der Waals surface area (Å²) in [5, 5.41) is 8.57. The number of rotatable bonds is 5. The van der Waals surface area contributed by atoms with Crippen LogP contribution in [0.4, 0.5) is 27.7 Å². The number of anilines is 4. The van der Waals surface area contributed by atoms with E-state index in [9.17, 15) is 4.39 Å². The Morgan fingerprint density at radius 1 is 0.923 bits per heavy atom. The number of halogens is 2. The van der Waals surface area contributed by atoms with Gasteiger partial charge in [0.15, 0.2) is 0 Å². The summed E-state index contributed by atoms with van der Waals surface area (Å²) in [4.78, 5) is 3.78. The van der Waals surface area contributed by atoms with Crippen LogP contribution < -0.4 is 14.5 Å². The molecule has 6 nitrogen and oxygen atoms in total. The molecule has 1 heterocycles. The predicted molar refractivity (Wildman–Crippen MR) is 104 cm³/mol. The number of nitrogens with zero attached hydrogens (tertiary/aromatic N) is 5. The molecule has 0 aliphatic carbocycles. The van der Waals surface area contributed by atoms with E-state index in [1.165, 1.54) is 12.1 Å². The Kier molecular flexibility index (Phi) is 6.05. The zero-order valence-corrected chi connectivity index (χ0v) is 15.9. The minimum absolute atomic E-state index is 0. The maximum Gasteiger partial charge on any atom is 0.232 e. The Balaban J connectivity index is 0.00000243. The molecule has 26 heavy (non-hydrogen) atoms. The summed E-state index contributed by atoms with van der Waals surface area (Å²) in [6, 6.07) is 14.0. The average molecular weight is 378 g/mol. The molecule has 0 N–H and O–H groups in total. The summed E-state index contributed by atoms with van der Waals surface area (Å²) >= 11 is 0. The maximum atomic E-state index is 13.1. The highest BCUT2D eigenvalue weighted by molar-refractivity contribution is 5.85. The molecule has 0 atom stereocenters. The van der Waals surface area contributed by atoms with Crippen molar-refractivity contribution in [3.63, 3.8) is 0 Å². The van der Waals surface area contributed by atoms with Crippen molar-refractivity contribution < 1.29 is 9.13 Å². The van der Waals surface area contributed by atoms with Crippen LogP contribution in [0.1, 0.15) is 0 Å². The monoisotopic (exact) mass is 377 g/mol. The van der Waals surface area contributed by atoms with Crippen LogP contribution in [0, 0.1) is 5.82 Å². The van der Waals surface area contributed by atoms with Crippen LogP contribution in [-0.2, 0) is 7.05 Å². The van der Waals surface area contributed by atoms with Crippen molar-refractivity contribution in [1.82, 2.24) is 14.8 Å². The van der Waals surface area contributed by atoms with E-state index in [1.807, 2.05) is 59.8 Å². The van der Waals surface area contributed by atoms with Gasteiger partial charge >= 0.3 is 0 Å². The molecule has 0 spiro atoms. The molecule has 0 saturated carbocycles. The number of methoxy groups -OCH3 is 1. The SMILES string of the molecule is COc1cccc(N(C)c2nnc(N(C)c3ccc(F)cc3)n2C)c1.Cl. The maximum absolute atomic E-state index is 13.1. The summed E-state index contributed by atoms with van der Waals surface area (Å²) in [5.74, 6) is 1.83. The van der Waals surface area contributed by atoms with E-state index in [1.54, 1.807) is 19.2 Å². The Morgan fingerprint density at radius 2 is 1.50 bits per heavy atom. The standard InChI is InChI=1S/C18H20FN5O.ClH/c1-22(14-10-8-13(19)9-11-14)17-20-21-18(24(17)3)23(2)15-6-5-7-16(12-15)25-4;/h5-12H,1-4H3;1H. The summed E-state index contributed by atoms with van der Waals surface area (Å²) in [5.41, 5.74) is 1.76. The zero-order chi connectivity index (χ0) is 18.0. The first kappa shape index (κ1) is 19.5. The van der Waals surface area contributed by atoms with Gasteiger partial charge in [-0.25, -0.2) is 4.39 Å². The second-order valence-corrected chi connectivity index (χ2v) is 5.65. The molecule has 0 amide bonds. The van der Waals surface area contributed by atoms with Crippen LogP contribution in [0.5, 0.6) is 5.75 Å². The number of ether oxygens (including phenoxy) is 1. The first-order valence-electron chi connectivity index (χ1n) is 7.77. The lowest BCUT2D eigenvalue weighted by molar-refractivity contribution is 0.415. The van der Waals surface area contributed by atoms with Gasteiger partial charge in [0.25, 0.3) is 0 Å². The summed E-state index contributed by atoms with van der Waals surface area (Å²) < 4.78 is 20.3. The second kappa shape index (κ2) is 8.05. The van der Waals surface area contributed by atoms with Crippen LogP contribution in [0.3, 0.4) is 0 Å². The predicted octanol–water partition coefficient (Wildman–Crippen LogP) is 3.92.